The number of rotatable bonds is 3. The Kier molecular flexibility index (Phi) is 4.01. The van der Waals surface area contributed by atoms with Crippen molar-refractivity contribution in [3.8, 4) is 0 Å². The van der Waals surface area contributed by atoms with Crippen LogP contribution in [0.2, 0.25) is 0 Å². The van der Waals surface area contributed by atoms with Crippen LogP contribution >= 0.6 is 0 Å². The van der Waals surface area contributed by atoms with Crippen LogP contribution in [0.3, 0.4) is 0 Å². The molecule has 2 heterocycles. The molecule has 1 amide bonds. The highest BCUT2D eigenvalue weighted by Crippen LogP contribution is 2.12. The van der Waals surface area contributed by atoms with Crippen LogP contribution in [0.4, 0.5) is 0 Å². The molecule has 18 heavy (non-hydrogen) atoms. The molecule has 1 aromatic rings. The number of carbonyl (C=O) groups excluding carboxylic acids is 1. The van der Waals surface area contributed by atoms with Gasteiger partial charge in [-0.15, -0.1) is 0 Å². The van der Waals surface area contributed by atoms with Crippen LogP contribution in [0.15, 0.2) is 6.07 Å². The van der Waals surface area contributed by atoms with Crippen LogP contribution in [0.25, 0.3) is 0 Å². The number of hydrogen-bond donors (Lipinski definition) is 2. The van der Waals surface area contributed by atoms with E-state index in [2.05, 4.69) is 22.7 Å². The summed E-state index contributed by atoms with van der Waals surface area (Å²) in [6.45, 7) is 8.71. The quantitative estimate of drug-likeness (QED) is 0.839. The lowest BCUT2D eigenvalue weighted by molar-refractivity contribution is 0.0904. The van der Waals surface area contributed by atoms with Crippen molar-refractivity contribution in [1.82, 2.24) is 20.4 Å². The predicted molar refractivity (Wildman–Crippen MR) is 70.5 cm³/mol. The van der Waals surface area contributed by atoms with E-state index in [1.54, 1.807) is 4.68 Å². The molecule has 0 aliphatic carbocycles. The minimum atomic E-state index is -0.0157. The van der Waals surface area contributed by atoms with Crippen molar-refractivity contribution in [3.05, 3.63) is 17.5 Å². The fraction of sp³-hybridized carbons (Fsp3) is 0.692. The van der Waals surface area contributed by atoms with Crippen LogP contribution in [-0.4, -0.2) is 34.8 Å². The molecule has 0 spiro atoms. The largest absolute Gasteiger partial charge is 0.346 e. The van der Waals surface area contributed by atoms with Gasteiger partial charge in [-0.25, -0.2) is 0 Å². The molecule has 1 fully saturated rings. The monoisotopic (exact) mass is 250 g/mol. The van der Waals surface area contributed by atoms with Crippen LogP contribution in [0.1, 0.15) is 36.5 Å². The van der Waals surface area contributed by atoms with E-state index in [-0.39, 0.29) is 11.9 Å². The first kappa shape index (κ1) is 13.1. The van der Waals surface area contributed by atoms with Gasteiger partial charge < -0.3 is 10.6 Å². The number of carbonyl (C=O) groups is 1. The van der Waals surface area contributed by atoms with Crippen LogP contribution < -0.4 is 10.6 Å². The van der Waals surface area contributed by atoms with Crippen molar-refractivity contribution < 1.29 is 4.79 Å². The smallest absolute Gasteiger partial charge is 0.269 e. The van der Waals surface area contributed by atoms with Gasteiger partial charge in [-0.1, -0.05) is 6.92 Å². The van der Waals surface area contributed by atoms with E-state index in [0.29, 0.717) is 11.6 Å². The molecule has 1 saturated heterocycles. The topological polar surface area (TPSA) is 59.0 Å². The number of amides is 1. The Hall–Kier alpha value is -1.36. The zero-order chi connectivity index (χ0) is 13.1. The number of aromatic nitrogens is 2. The highest BCUT2D eigenvalue weighted by atomic mass is 16.2. The van der Waals surface area contributed by atoms with Gasteiger partial charge in [0.05, 0.1) is 5.69 Å². The van der Waals surface area contributed by atoms with Crippen molar-refractivity contribution in [2.75, 3.05) is 13.1 Å². The SMILES string of the molecule is CCn1nc(C)cc1C(=O)NC1CNCCC1C. The molecule has 5 nitrogen and oxygen atoms in total. The standard InChI is InChI=1S/C13H22N4O/c1-4-17-12(7-10(3)16-17)13(18)15-11-8-14-6-5-9(11)2/h7,9,11,14H,4-6,8H2,1-3H3,(H,15,18). The van der Waals surface area contributed by atoms with Gasteiger partial charge in [0.2, 0.25) is 0 Å². The summed E-state index contributed by atoms with van der Waals surface area (Å²) in [6, 6.07) is 2.06. The molecular weight excluding hydrogens is 228 g/mol. The molecule has 0 radical (unpaired) electrons. The molecule has 2 N–H and O–H groups in total. The minimum Gasteiger partial charge on any atom is -0.346 e. The lowest BCUT2D eigenvalue weighted by Crippen LogP contribution is -2.50. The second kappa shape index (κ2) is 5.52. The second-order valence-electron chi connectivity index (χ2n) is 5.04. The molecule has 2 atom stereocenters. The summed E-state index contributed by atoms with van der Waals surface area (Å²) in [4.78, 5) is 12.3. The van der Waals surface area contributed by atoms with Crippen molar-refractivity contribution in [3.63, 3.8) is 0 Å². The number of nitrogens with one attached hydrogen (secondary N) is 2. The molecule has 0 bridgehead atoms. The van der Waals surface area contributed by atoms with Crippen LogP contribution in [0, 0.1) is 12.8 Å². The van der Waals surface area contributed by atoms with E-state index < -0.39 is 0 Å². The highest BCUT2D eigenvalue weighted by molar-refractivity contribution is 5.92. The summed E-state index contributed by atoms with van der Waals surface area (Å²) in [7, 11) is 0. The van der Waals surface area contributed by atoms with E-state index in [1.165, 1.54) is 0 Å². The Bertz CT molecular complexity index is 427. The maximum atomic E-state index is 12.3. The van der Waals surface area contributed by atoms with Gasteiger partial charge in [-0.05, 0) is 38.8 Å². The first-order valence-corrected chi connectivity index (χ1v) is 6.67. The van der Waals surface area contributed by atoms with Crippen molar-refractivity contribution in [2.45, 2.75) is 39.8 Å². The zero-order valence-electron chi connectivity index (χ0n) is 11.4. The highest BCUT2D eigenvalue weighted by Gasteiger charge is 2.24. The summed E-state index contributed by atoms with van der Waals surface area (Å²) in [5.74, 6) is 0.507. The fourth-order valence-electron chi connectivity index (χ4n) is 2.39. The number of hydrogen-bond acceptors (Lipinski definition) is 3. The molecule has 100 valence electrons. The predicted octanol–water partition coefficient (Wildman–Crippen LogP) is 0.939. The van der Waals surface area contributed by atoms with E-state index >= 15 is 0 Å². The van der Waals surface area contributed by atoms with Crippen molar-refractivity contribution in [2.24, 2.45) is 5.92 Å². The fourth-order valence-corrected chi connectivity index (χ4v) is 2.39. The third-order valence-electron chi connectivity index (χ3n) is 3.58. The van der Waals surface area contributed by atoms with Gasteiger partial charge in [-0.2, -0.15) is 5.10 Å². The van der Waals surface area contributed by atoms with Crippen molar-refractivity contribution >= 4 is 5.91 Å². The van der Waals surface area contributed by atoms with E-state index in [0.717, 1.165) is 31.7 Å². The summed E-state index contributed by atoms with van der Waals surface area (Å²) >= 11 is 0. The minimum absolute atomic E-state index is 0.0157. The third-order valence-corrected chi connectivity index (χ3v) is 3.58. The molecule has 1 aromatic heterocycles. The van der Waals surface area contributed by atoms with Gasteiger partial charge in [0.1, 0.15) is 5.69 Å². The number of aryl methyl sites for hydroxylation is 2. The Morgan fingerprint density at radius 3 is 3.11 bits per heavy atom. The Morgan fingerprint density at radius 1 is 1.67 bits per heavy atom. The van der Waals surface area contributed by atoms with Gasteiger partial charge >= 0.3 is 0 Å². The molecule has 2 unspecified atom stereocenters. The van der Waals surface area contributed by atoms with Crippen LogP contribution in [-0.2, 0) is 6.54 Å². The zero-order valence-corrected chi connectivity index (χ0v) is 11.4. The van der Waals surface area contributed by atoms with E-state index in [9.17, 15) is 4.79 Å². The summed E-state index contributed by atoms with van der Waals surface area (Å²) in [6.07, 6.45) is 1.11. The van der Waals surface area contributed by atoms with E-state index in [4.69, 9.17) is 0 Å². The Balaban J connectivity index is 2.06. The summed E-state index contributed by atoms with van der Waals surface area (Å²) < 4.78 is 1.76. The lowest BCUT2D eigenvalue weighted by Gasteiger charge is -2.30. The molecule has 1 aliphatic heterocycles. The second-order valence-corrected chi connectivity index (χ2v) is 5.04. The van der Waals surface area contributed by atoms with Crippen LogP contribution in [0.5, 0.6) is 0 Å². The molecule has 0 saturated carbocycles. The van der Waals surface area contributed by atoms with Gasteiger partial charge in [-0.3, -0.25) is 9.48 Å². The summed E-state index contributed by atoms with van der Waals surface area (Å²) in [5.41, 5.74) is 1.55. The molecule has 2 rings (SSSR count). The van der Waals surface area contributed by atoms with E-state index in [1.807, 2.05) is 19.9 Å². The average Bonchev–Trinajstić information content (AvgIpc) is 2.73. The maximum Gasteiger partial charge on any atom is 0.269 e. The molecule has 5 heteroatoms. The normalized spacial score (nSPS) is 23.9. The first-order chi connectivity index (χ1) is 8.61. The average molecular weight is 250 g/mol. The molecular formula is C13H22N4O. The number of nitrogens with zero attached hydrogens (tertiary/aromatic N) is 2. The van der Waals surface area contributed by atoms with Crippen molar-refractivity contribution in [1.29, 1.82) is 0 Å². The van der Waals surface area contributed by atoms with Gasteiger partial charge in [0, 0.05) is 19.1 Å². The molecule has 1 aliphatic rings. The number of piperidine rings is 1. The summed E-state index contributed by atoms with van der Waals surface area (Å²) in [5, 5.41) is 10.7. The maximum absolute atomic E-state index is 12.3. The van der Waals surface area contributed by atoms with Gasteiger partial charge in [0.15, 0.2) is 0 Å². The lowest BCUT2D eigenvalue weighted by atomic mass is 9.95. The van der Waals surface area contributed by atoms with Gasteiger partial charge in [0.25, 0.3) is 5.91 Å². The Labute approximate surface area is 108 Å². The Morgan fingerprint density at radius 2 is 2.44 bits per heavy atom. The first-order valence-electron chi connectivity index (χ1n) is 6.67. The molecule has 0 aromatic carbocycles. The third kappa shape index (κ3) is 2.72.